The molecule has 2 nitrogen and oxygen atoms in total. The molecule has 2 heteroatoms. The van der Waals surface area contributed by atoms with Crippen LogP contribution in [-0.4, -0.2) is 5.11 Å². The van der Waals surface area contributed by atoms with Crippen LogP contribution in [-0.2, 0) is 6.42 Å². The molecule has 13 heavy (non-hydrogen) atoms. The van der Waals surface area contributed by atoms with Gasteiger partial charge in [0.2, 0.25) is 0 Å². The second kappa shape index (κ2) is 3.95. The molecule has 1 N–H and O–H groups in total. The number of hydrogen-bond donors (Lipinski definition) is 1. The van der Waals surface area contributed by atoms with Crippen LogP contribution in [0, 0.1) is 17.2 Å². The van der Waals surface area contributed by atoms with Gasteiger partial charge >= 0.3 is 0 Å². The van der Waals surface area contributed by atoms with Gasteiger partial charge in [0.05, 0.1) is 5.56 Å². The molecule has 0 bridgehead atoms. The predicted molar refractivity (Wildman–Crippen MR) is 51.4 cm³/mol. The van der Waals surface area contributed by atoms with E-state index in [-0.39, 0.29) is 5.75 Å². The molecule has 0 unspecified atom stereocenters. The summed E-state index contributed by atoms with van der Waals surface area (Å²) in [6.07, 6.45) is 0.939. The number of rotatable bonds is 2. The molecule has 0 spiro atoms. The molecule has 0 fully saturated rings. The van der Waals surface area contributed by atoms with Crippen molar-refractivity contribution in [1.29, 1.82) is 5.26 Å². The topological polar surface area (TPSA) is 44.0 Å². The van der Waals surface area contributed by atoms with E-state index in [0.29, 0.717) is 11.5 Å². The zero-order valence-corrected chi connectivity index (χ0v) is 7.91. The molecule has 0 amide bonds. The number of hydrogen-bond acceptors (Lipinski definition) is 2. The van der Waals surface area contributed by atoms with Gasteiger partial charge in [0.25, 0.3) is 0 Å². The Morgan fingerprint density at radius 3 is 2.69 bits per heavy atom. The number of aromatic hydroxyl groups is 1. The molecule has 0 atom stereocenters. The Kier molecular flexibility index (Phi) is 2.92. The molecule has 0 aliphatic carbocycles. The monoisotopic (exact) mass is 175 g/mol. The number of phenolic OH excluding ortho intramolecular Hbond substituents is 1. The summed E-state index contributed by atoms with van der Waals surface area (Å²) in [5.74, 6) is 0.631. The van der Waals surface area contributed by atoms with Crippen molar-refractivity contribution in [1.82, 2.24) is 0 Å². The fourth-order valence-electron chi connectivity index (χ4n) is 1.27. The fourth-order valence-corrected chi connectivity index (χ4v) is 1.27. The highest BCUT2D eigenvalue weighted by atomic mass is 16.3. The van der Waals surface area contributed by atoms with Crippen LogP contribution in [0.2, 0.25) is 0 Å². The molecule has 0 aromatic heterocycles. The molecular weight excluding hydrogens is 162 g/mol. The van der Waals surface area contributed by atoms with Gasteiger partial charge in [-0.3, -0.25) is 0 Å². The zero-order valence-electron chi connectivity index (χ0n) is 7.91. The van der Waals surface area contributed by atoms with Crippen LogP contribution in [0.1, 0.15) is 25.0 Å². The van der Waals surface area contributed by atoms with E-state index in [1.54, 1.807) is 12.1 Å². The highest BCUT2D eigenvalue weighted by Gasteiger charge is 2.03. The Labute approximate surface area is 78.4 Å². The van der Waals surface area contributed by atoms with E-state index in [0.717, 1.165) is 12.0 Å². The van der Waals surface area contributed by atoms with Gasteiger partial charge in [0.15, 0.2) is 0 Å². The first-order valence-electron chi connectivity index (χ1n) is 4.35. The highest BCUT2D eigenvalue weighted by molar-refractivity contribution is 5.44. The number of nitrogens with zero attached hydrogens (tertiary/aromatic N) is 1. The maximum atomic E-state index is 9.25. The Hall–Kier alpha value is -1.49. The van der Waals surface area contributed by atoms with E-state index in [4.69, 9.17) is 5.26 Å². The summed E-state index contributed by atoms with van der Waals surface area (Å²) in [6, 6.07) is 7.14. The predicted octanol–water partition coefficient (Wildman–Crippen LogP) is 2.46. The van der Waals surface area contributed by atoms with Crippen LogP contribution < -0.4 is 0 Å². The Morgan fingerprint density at radius 2 is 2.15 bits per heavy atom. The minimum Gasteiger partial charge on any atom is -0.507 e. The van der Waals surface area contributed by atoms with Crippen LogP contribution in [0.4, 0.5) is 0 Å². The smallest absolute Gasteiger partial charge is 0.133 e. The van der Waals surface area contributed by atoms with Crippen molar-refractivity contribution in [2.75, 3.05) is 0 Å². The van der Waals surface area contributed by atoms with Gasteiger partial charge in [-0.1, -0.05) is 19.9 Å². The summed E-state index contributed by atoms with van der Waals surface area (Å²) in [5.41, 5.74) is 1.46. The van der Waals surface area contributed by atoms with Crippen molar-refractivity contribution >= 4 is 0 Å². The number of phenols is 1. The van der Waals surface area contributed by atoms with Crippen molar-refractivity contribution in [3.05, 3.63) is 29.3 Å². The lowest BCUT2D eigenvalue weighted by Crippen LogP contribution is -1.94. The van der Waals surface area contributed by atoms with E-state index < -0.39 is 0 Å². The Balaban J connectivity index is 2.95. The summed E-state index contributed by atoms with van der Waals surface area (Å²) >= 11 is 0. The summed E-state index contributed by atoms with van der Waals surface area (Å²) in [4.78, 5) is 0. The first-order valence-corrected chi connectivity index (χ1v) is 4.35. The van der Waals surface area contributed by atoms with E-state index >= 15 is 0 Å². The summed E-state index contributed by atoms with van der Waals surface area (Å²) < 4.78 is 0. The van der Waals surface area contributed by atoms with Gasteiger partial charge in [0, 0.05) is 0 Å². The molecule has 0 saturated heterocycles. The lowest BCUT2D eigenvalue weighted by atomic mass is 10.0. The average Bonchev–Trinajstić information content (AvgIpc) is 2.07. The molecule has 0 saturated carbocycles. The van der Waals surface area contributed by atoms with E-state index in [1.165, 1.54) is 0 Å². The molecule has 0 radical (unpaired) electrons. The lowest BCUT2D eigenvalue weighted by Gasteiger charge is -2.05. The van der Waals surface area contributed by atoms with Crippen molar-refractivity contribution in [2.45, 2.75) is 20.3 Å². The zero-order chi connectivity index (χ0) is 9.84. The molecule has 0 aliphatic rings. The quantitative estimate of drug-likeness (QED) is 0.750. The van der Waals surface area contributed by atoms with Gasteiger partial charge in [-0.2, -0.15) is 5.26 Å². The van der Waals surface area contributed by atoms with Crippen LogP contribution in [0.25, 0.3) is 0 Å². The third kappa shape index (κ3) is 2.48. The molecule has 68 valence electrons. The second-order valence-electron chi connectivity index (χ2n) is 3.56. The maximum absolute atomic E-state index is 9.25. The third-order valence-electron chi connectivity index (χ3n) is 1.83. The number of nitriles is 1. The standard InChI is InChI=1S/C11H13NO/c1-8(2)5-9-3-4-11(13)10(6-9)7-12/h3-4,6,8,13H,5H2,1-2H3. The highest BCUT2D eigenvalue weighted by Crippen LogP contribution is 2.18. The van der Waals surface area contributed by atoms with Crippen LogP contribution in [0.3, 0.4) is 0 Å². The second-order valence-corrected chi connectivity index (χ2v) is 3.56. The number of benzene rings is 1. The van der Waals surface area contributed by atoms with Gasteiger partial charge < -0.3 is 5.11 Å². The molecular formula is C11H13NO. The molecule has 1 aromatic rings. The fraction of sp³-hybridized carbons (Fsp3) is 0.364. The third-order valence-corrected chi connectivity index (χ3v) is 1.83. The summed E-state index contributed by atoms with van der Waals surface area (Å²) in [5, 5.41) is 17.9. The van der Waals surface area contributed by atoms with Crippen molar-refractivity contribution in [3.63, 3.8) is 0 Å². The average molecular weight is 175 g/mol. The first-order chi connectivity index (χ1) is 6.13. The Morgan fingerprint density at radius 1 is 1.46 bits per heavy atom. The maximum Gasteiger partial charge on any atom is 0.133 e. The van der Waals surface area contributed by atoms with Crippen LogP contribution in [0.15, 0.2) is 18.2 Å². The van der Waals surface area contributed by atoms with Crippen molar-refractivity contribution < 1.29 is 5.11 Å². The van der Waals surface area contributed by atoms with E-state index in [9.17, 15) is 5.11 Å². The minimum atomic E-state index is 0.0648. The lowest BCUT2D eigenvalue weighted by molar-refractivity contribution is 0.473. The van der Waals surface area contributed by atoms with Gasteiger partial charge in [-0.05, 0) is 30.0 Å². The summed E-state index contributed by atoms with van der Waals surface area (Å²) in [7, 11) is 0. The largest absolute Gasteiger partial charge is 0.507 e. The van der Waals surface area contributed by atoms with Gasteiger partial charge in [-0.25, -0.2) is 0 Å². The van der Waals surface area contributed by atoms with Crippen LogP contribution in [0.5, 0.6) is 5.75 Å². The Bertz CT molecular complexity index is 336. The van der Waals surface area contributed by atoms with E-state index in [2.05, 4.69) is 13.8 Å². The van der Waals surface area contributed by atoms with E-state index in [1.807, 2.05) is 12.1 Å². The first kappa shape index (κ1) is 9.60. The minimum absolute atomic E-state index is 0.0648. The van der Waals surface area contributed by atoms with Crippen LogP contribution >= 0.6 is 0 Å². The molecule has 0 heterocycles. The normalized spacial score (nSPS) is 10.0. The van der Waals surface area contributed by atoms with Crippen molar-refractivity contribution in [3.8, 4) is 11.8 Å². The van der Waals surface area contributed by atoms with Gasteiger partial charge in [-0.15, -0.1) is 0 Å². The molecule has 0 aliphatic heterocycles. The van der Waals surface area contributed by atoms with Crippen molar-refractivity contribution in [2.24, 2.45) is 5.92 Å². The van der Waals surface area contributed by atoms with Gasteiger partial charge in [0.1, 0.15) is 11.8 Å². The SMILES string of the molecule is CC(C)Cc1ccc(O)c(C#N)c1. The molecule has 1 aromatic carbocycles. The summed E-state index contributed by atoms with van der Waals surface area (Å²) in [6.45, 7) is 4.25. The molecule has 1 rings (SSSR count).